The van der Waals surface area contributed by atoms with Crippen LogP contribution in [0.2, 0.25) is 0 Å². The van der Waals surface area contributed by atoms with Crippen molar-refractivity contribution in [2.75, 3.05) is 5.32 Å². The van der Waals surface area contributed by atoms with E-state index in [1.54, 1.807) is 0 Å². The van der Waals surface area contributed by atoms with Gasteiger partial charge in [0.05, 0.1) is 0 Å². The summed E-state index contributed by atoms with van der Waals surface area (Å²) in [5.41, 5.74) is 5.73. The molecule has 0 bridgehead atoms. The first-order valence-corrected chi connectivity index (χ1v) is 5.04. The summed E-state index contributed by atoms with van der Waals surface area (Å²) in [7, 11) is 0. The molecule has 13 heavy (non-hydrogen) atoms. The zero-order valence-electron chi connectivity index (χ0n) is 8.65. The number of rotatable bonds is 0. The van der Waals surface area contributed by atoms with E-state index >= 15 is 0 Å². The van der Waals surface area contributed by atoms with Gasteiger partial charge in [-0.25, -0.2) is 0 Å². The van der Waals surface area contributed by atoms with Gasteiger partial charge in [-0.3, -0.25) is 0 Å². The Kier molecular flexibility index (Phi) is 2.03. The van der Waals surface area contributed by atoms with Crippen LogP contribution < -0.4 is 5.32 Å². The Morgan fingerprint density at radius 3 is 2.69 bits per heavy atom. The lowest BCUT2D eigenvalue weighted by atomic mass is 9.93. The number of nitrogens with one attached hydrogen (secondary N) is 1. The molecule has 0 saturated carbocycles. The van der Waals surface area contributed by atoms with E-state index in [-0.39, 0.29) is 0 Å². The summed E-state index contributed by atoms with van der Waals surface area (Å²) < 4.78 is 0. The maximum Gasteiger partial charge on any atom is 0.0407 e. The maximum atomic E-state index is 3.57. The Balaban J connectivity index is 2.51. The molecule has 1 aliphatic rings. The van der Waals surface area contributed by atoms with Crippen molar-refractivity contribution in [3.63, 3.8) is 0 Å². The Bertz CT molecular complexity index is 328. The Labute approximate surface area is 80.2 Å². The molecule has 0 saturated heterocycles. The molecule has 1 heterocycles. The minimum Gasteiger partial charge on any atom is -0.382 e. The van der Waals surface area contributed by atoms with Crippen molar-refractivity contribution in [1.29, 1.82) is 0 Å². The van der Waals surface area contributed by atoms with Crippen LogP contribution in [0.1, 0.15) is 30.0 Å². The largest absolute Gasteiger partial charge is 0.382 e. The second-order valence-corrected chi connectivity index (χ2v) is 4.14. The van der Waals surface area contributed by atoms with E-state index in [9.17, 15) is 0 Å². The number of anilines is 1. The van der Waals surface area contributed by atoms with E-state index in [1.165, 1.54) is 35.2 Å². The van der Waals surface area contributed by atoms with Crippen molar-refractivity contribution < 1.29 is 0 Å². The van der Waals surface area contributed by atoms with E-state index in [0.717, 1.165) is 0 Å². The van der Waals surface area contributed by atoms with E-state index in [2.05, 4.69) is 38.2 Å². The summed E-state index contributed by atoms with van der Waals surface area (Å²) in [5.74, 6) is 0. The van der Waals surface area contributed by atoms with Gasteiger partial charge < -0.3 is 5.32 Å². The SMILES string of the molecule is Cc1ccc(C)c2c1CC[C@H](C)N2. The predicted molar refractivity (Wildman–Crippen MR) is 57.3 cm³/mol. The third-order valence-electron chi connectivity index (χ3n) is 2.97. The molecule has 2 rings (SSSR count). The Morgan fingerprint density at radius 1 is 1.23 bits per heavy atom. The van der Waals surface area contributed by atoms with Gasteiger partial charge in [-0.15, -0.1) is 0 Å². The molecule has 1 N–H and O–H groups in total. The Hall–Kier alpha value is -0.980. The van der Waals surface area contributed by atoms with Crippen molar-refractivity contribution in [2.45, 2.75) is 39.7 Å². The summed E-state index contributed by atoms with van der Waals surface area (Å²) in [6.07, 6.45) is 2.49. The molecule has 1 atom stereocenters. The maximum absolute atomic E-state index is 3.57. The molecule has 0 aliphatic carbocycles. The summed E-state index contributed by atoms with van der Waals surface area (Å²) in [6, 6.07) is 5.07. The second-order valence-electron chi connectivity index (χ2n) is 4.14. The molecule has 70 valence electrons. The van der Waals surface area contributed by atoms with Gasteiger partial charge in [0.25, 0.3) is 0 Å². The fourth-order valence-corrected chi connectivity index (χ4v) is 2.07. The van der Waals surface area contributed by atoms with E-state index in [0.29, 0.717) is 6.04 Å². The fraction of sp³-hybridized carbons (Fsp3) is 0.500. The minimum atomic E-state index is 0.632. The highest BCUT2D eigenvalue weighted by atomic mass is 14.9. The lowest BCUT2D eigenvalue weighted by Crippen LogP contribution is -2.23. The monoisotopic (exact) mass is 175 g/mol. The summed E-state index contributed by atoms with van der Waals surface area (Å²) in [4.78, 5) is 0. The van der Waals surface area contributed by atoms with Gasteiger partial charge in [0.1, 0.15) is 0 Å². The molecule has 0 unspecified atom stereocenters. The van der Waals surface area contributed by atoms with Gasteiger partial charge in [-0.1, -0.05) is 12.1 Å². The molecular weight excluding hydrogens is 158 g/mol. The van der Waals surface area contributed by atoms with Crippen LogP contribution in [0.5, 0.6) is 0 Å². The lowest BCUT2D eigenvalue weighted by molar-refractivity contribution is 0.677. The number of aryl methyl sites for hydroxylation is 2. The molecule has 1 aromatic carbocycles. The van der Waals surface area contributed by atoms with Crippen LogP contribution in [0.25, 0.3) is 0 Å². The standard InChI is InChI=1S/C12H17N/c1-8-4-5-9(2)12-11(8)7-6-10(3)13-12/h4-5,10,13H,6-7H2,1-3H3/t10-/m0/s1. The number of hydrogen-bond donors (Lipinski definition) is 1. The molecule has 1 heteroatoms. The topological polar surface area (TPSA) is 12.0 Å². The molecule has 1 nitrogen and oxygen atoms in total. The van der Waals surface area contributed by atoms with Crippen molar-refractivity contribution >= 4 is 5.69 Å². The zero-order chi connectivity index (χ0) is 9.42. The first kappa shape index (κ1) is 8.61. The van der Waals surface area contributed by atoms with Crippen LogP contribution in [0, 0.1) is 13.8 Å². The normalized spacial score (nSPS) is 20.7. The molecule has 0 aromatic heterocycles. The van der Waals surface area contributed by atoms with Gasteiger partial charge in [0, 0.05) is 11.7 Å². The van der Waals surface area contributed by atoms with Crippen molar-refractivity contribution in [3.05, 3.63) is 28.8 Å². The summed E-state index contributed by atoms with van der Waals surface area (Å²) in [6.45, 7) is 6.64. The van der Waals surface area contributed by atoms with Crippen molar-refractivity contribution in [2.24, 2.45) is 0 Å². The molecular formula is C12H17N. The highest BCUT2D eigenvalue weighted by molar-refractivity contribution is 5.61. The first-order chi connectivity index (χ1) is 6.18. The average molecular weight is 175 g/mol. The Morgan fingerprint density at radius 2 is 1.92 bits per heavy atom. The van der Waals surface area contributed by atoms with Crippen LogP contribution >= 0.6 is 0 Å². The molecule has 0 fully saturated rings. The van der Waals surface area contributed by atoms with Crippen LogP contribution in [0.15, 0.2) is 12.1 Å². The molecule has 1 aliphatic heterocycles. The predicted octanol–water partition coefficient (Wildman–Crippen LogP) is 3.05. The van der Waals surface area contributed by atoms with Gasteiger partial charge in [-0.05, 0) is 50.3 Å². The van der Waals surface area contributed by atoms with Crippen molar-refractivity contribution in [3.8, 4) is 0 Å². The minimum absolute atomic E-state index is 0.632. The summed E-state index contributed by atoms with van der Waals surface area (Å²) >= 11 is 0. The highest BCUT2D eigenvalue weighted by Crippen LogP contribution is 2.30. The summed E-state index contributed by atoms with van der Waals surface area (Å²) in [5, 5.41) is 3.57. The van der Waals surface area contributed by atoms with E-state index in [4.69, 9.17) is 0 Å². The van der Waals surface area contributed by atoms with E-state index < -0.39 is 0 Å². The number of fused-ring (bicyclic) bond motifs is 1. The molecule has 0 radical (unpaired) electrons. The van der Waals surface area contributed by atoms with Crippen LogP contribution in [0.4, 0.5) is 5.69 Å². The van der Waals surface area contributed by atoms with Gasteiger partial charge in [0.15, 0.2) is 0 Å². The lowest BCUT2D eigenvalue weighted by Gasteiger charge is -2.27. The zero-order valence-corrected chi connectivity index (χ0v) is 8.65. The molecule has 1 aromatic rings. The highest BCUT2D eigenvalue weighted by Gasteiger charge is 2.16. The average Bonchev–Trinajstić information content (AvgIpc) is 2.12. The quantitative estimate of drug-likeness (QED) is 0.639. The number of hydrogen-bond acceptors (Lipinski definition) is 1. The van der Waals surface area contributed by atoms with E-state index in [1.807, 2.05) is 0 Å². The third-order valence-corrected chi connectivity index (χ3v) is 2.97. The van der Waals surface area contributed by atoms with Crippen LogP contribution in [-0.4, -0.2) is 6.04 Å². The molecule has 0 spiro atoms. The van der Waals surface area contributed by atoms with Crippen LogP contribution in [0.3, 0.4) is 0 Å². The van der Waals surface area contributed by atoms with Crippen molar-refractivity contribution in [1.82, 2.24) is 0 Å². The van der Waals surface area contributed by atoms with Gasteiger partial charge in [-0.2, -0.15) is 0 Å². The van der Waals surface area contributed by atoms with Crippen LogP contribution in [-0.2, 0) is 6.42 Å². The van der Waals surface area contributed by atoms with Gasteiger partial charge >= 0.3 is 0 Å². The second kappa shape index (κ2) is 3.06. The fourth-order valence-electron chi connectivity index (χ4n) is 2.07. The smallest absolute Gasteiger partial charge is 0.0407 e. The molecule has 0 amide bonds. The third kappa shape index (κ3) is 1.43. The number of benzene rings is 1. The first-order valence-electron chi connectivity index (χ1n) is 5.04. The van der Waals surface area contributed by atoms with Gasteiger partial charge in [0.2, 0.25) is 0 Å².